The zero-order chi connectivity index (χ0) is 23.8. The summed E-state index contributed by atoms with van der Waals surface area (Å²) >= 11 is 5.92. The van der Waals surface area contributed by atoms with Gasteiger partial charge in [-0.15, -0.1) is 0 Å². The molecule has 34 heavy (non-hydrogen) atoms. The lowest BCUT2D eigenvalue weighted by Crippen LogP contribution is -2.48. The van der Waals surface area contributed by atoms with Crippen LogP contribution in [0.1, 0.15) is 25.7 Å². The average molecular weight is 483 g/mol. The zero-order valence-corrected chi connectivity index (χ0v) is 19.4. The predicted molar refractivity (Wildman–Crippen MR) is 128 cm³/mol. The summed E-state index contributed by atoms with van der Waals surface area (Å²) in [6.45, 7) is 3.64. The fourth-order valence-electron chi connectivity index (χ4n) is 4.99. The molecule has 1 amide bonds. The Balaban J connectivity index is 1.43. The molecule has 1 N–H and O–H groups in total. The number of nitrogens with one attached hydrogen (secondary N) is 1. The lowest BCUT2D eigenvalue weighted by atomic mass is 9.99. The number of nitrogens with zero attached hydrogens (tertiary/aromatic N) is 3. The largest absolute Gasteiger partial charge is 0.493 e. The highest BCUT2D eigenvalue weighted by Crippen LogP contribution is 2.40. The van der Waals surface area contributed by atoms with Crippen LogP contribution in [0.2, 0.25) is 5.02 Å². The first-order valence-electron chi connectivity index (χ1n) is 11.1. The van der Waals surface area contributed by atoms with E-state index in [1.54, 1.807) is 19.2 Å². The van der Waals surface area contributed by atoms with Crippen molar-refractivity contribution in [2.45, 2.75) is 43.9 Å². The van der Waals surface area contributed by atoms with Crippen molar-refractivity contribution in [2.75, 3.05) is 12.4 Å². The molecular formula is C25H24ClFN4O3. The number of halogens is 2. The fourth-order valence-corrected chi connectivity index (χ4v) is 5.17. The molecule has 3 aromatic rings. The van der Waals surface area contributed by atoms with Gasteiger partial charge in [0, 0.05) is 42.1 Å². The maximum absolute atomic E-state index is 13.6. The Morgan fingerprint density at radius 3 is 2.65 bits per heavy atom. The van der Waals surface area contributed by atoms with Gasteiger partial charge in [0.05, 0.1) is 17.6 Å². The standard InChI is InChI=1S/C25H24ClFN4O3/c1-3-24(32)31-15-5-6-16(31)10-17(9-15)34-23-11-18-21(12-22(23)33-2)28-13-29-25(18)30-14-4-7-20(27)19(26)8-14/h3-4,7-8,11-13,15-17H,1,5-6,9-10H2,2H3,(H,28,29,30)/t15-,16+,17?. The third-order valence-corrected chi connectivity index (χ3v) is 6.81. The van der Waals surface area contributed by atoms with Gasteiger partial charge in [-0.2, -0.15) is 0 Å². The number of fused-ring (bicyclic) bond motifs is 3. The smallest absolute Gasteiger partial charge is 0.246 e. The molecule has 0 radical (unpaired) electrons. The summed E-state index contributed by atoms with van der Waals surface area (Å²) < 4.78 is 25.6. The summed E-state index contributed by atoms with van der Waals surface area (Å²) in [7, 11) is 1.59. The molecule has 3 heterocycles. The number of ether oxygens (including phenoxy) is 2. The molecule has 1 unspecified atom stereocenters. The minimum atomic E-state index is -0.491. The molecule has 7 nitrogen and oxygen atoms in total. The van der Waals surface area contributed by atoms with Crippen molar-refractivity contribution < 1.29 is 18.7 Å². The summed E-state index contributed by atoms with van der Waals surface area (Å²) in [4.78, 5) is 22.9. The average Bonchev–Trinajstić information content (AvgIpc) is 3.11. The van der Waals surface area contributed by atoms with E-state index in [-0.39, 0.29) is 29.1 Å². The van der Waals surface area contributed by atoms with Crippen molar-refractivity contribution in [1.82, 2.24) is 14.9 Å². The topological polar surface area (TPSA) is 76.6 Å². The quantitative estimate of drug-likeness (QED) is 0.483. The van der Waals surface area contributed by atoms with Crippen LogP contribution in [-0.2, 0) is 4.79 Å². The van der Waals surface area contributed by atoms with E-state index in [2.05, 4.69) is 21.9 Å². The minimum absolute atomic E-state index is 0.0111. The molecule has 3 atom stereocenters. The first kappa shape index (κ1) is 22.4. The van der Waals surface area contributed by atoms with E-state index in [0.717, 1.165) is 31.1 Å². The van der Waals surface area contributed by atoms with E-state index < -0.39 is 5.82 Å². The summed E-state index contributed by atoms with van der Waals surface area (Å²) in [5.41, 5.74) is 1.27. The molecule has 2 fully saturated rings. The summed E-state index contributed by atoms with van der Waals surface area (Å²) in [6, 6.07) is 8.35. The Kier molecular flexibility index (Phi) is 6.00. The number of carbonyl (C=O) groups is 1. The van der Waals surface area contributed by atoms with Gasteiger partial charge in [0.1, 0.15) is 24.1 Å². The van der Waals surface area contributed by atoms with E-state index in [4.69, 9.17) is 21.1 Å². The molecule has 2 aliphatic heterocycles. The normalized spacial score (nSPS) is 21.4. The maximum Gasteiger partial charge on any atom is 0.246 e. The van der Waals surface area contributed by atoms with Crippen LogP contribution in [0, 0.1) is 5.82 Å². The predicted octanol–water partition coefficient (Wildman–Crippen LogP) is 5.26. The number of carbonyl (C=O) groups excluding carboxylic acids is 1. The summed E-state index contributed by atoms with van der Waals surface area (Å²) in [6.07, 6.45) is 6.24. The van der Waals surface area contributed by atoms with Gasteiger partial charge in [-0.3, -0.25) is 4.79 Å². The van der Waals surface area contributed by atoms with Crippen LogP contribution in [-0.4, -0.2) is 46.1 Å². The second-order valence-corrected chi connectivity index (χ2v) is 8.95. The van der Waals surface area contributed by atoms with Crippen molar-refractivity contribution in [1.29, 1.82) is 0 Å². The van der Waals surface area contributed by atoms with E-state index in [1.165, 1.54) is 24.5 Å². The molecular weight excluding hydrogens is 459 g/mol. The van der Waals surface area contributed by atoms with Crippen LogP contribution in [0.3, 0.4) is 0 Å². The minimum Gasteiger partial charge on any atom is -0.493 e. The lowest BCUT2D eigenvalue weighted by molar-refractivity contribution is -0.131. The SMILES string of the molecule is C=CC(=O)N1[C@@H]2CC[C@H]1CC(Oc1cc3c(Nc4ccc(F)c(Cl)c4)ncnc3cc1OC)C2. The monoisotopic (exact) mass is 482 g/mol. The first-order valence-corrected chi connectivity index (χ1v) is 11.5. The maximum atomic E-state index is 13.6. The number of anilines is 2. The number of methoxy groups -OCH3 is 1. The summed E-state index contributed by atoms with van der Waals surface area (Å²) in [5, 5.41) is 3.92. The van der Waals surface area contributed by atoms with Crippen LogP contribution in [0.4, 0.5) is 15.9 Å². The van der Waals surface area contributed by atoms with Gasteiger partial charge >= 0.3 is 0 Å². The number of piperidine rings is 1. The Morgan fingerprint density at radius 2 is 1.97 bits per heavy atom. The Hall–Kier alpha value is -3.39. The van der Waals surface area contributed by atoms with E-state index in [1.807, 2.05) is 11.0 Å². The molecule has 0 spiro atoms. The van der Waals surface area contributed by atoms with Gasteiger partial charge in [-0.1, -0.05) is 18.2 Å². The van der Waals surface area contributed by atoms with Crippen LogP contribution in [0.25, 0.3) is 10.9 Å². The molecule has 176 valence electrons. The lowest BCUT2D eigenvalue weighted by Gasteiger charge is -2.38. The molecule has 2 saturated heterocycles. The van der Waals surface area contributed by atoms with E-state index in [0.29, 0.717) is 28.5 Å². The summed E-state index contributed by atoms with van der Waals surface area (Å²) in [5.74, 6) is 1.18. The van der Waals surface area contributed by atoms with Crippen LogP contribution < -0.4 is 14.8 Å². The number of hydrogen-bond acceptors (Lipinski definition) is 6. The van der Waals surface area contributed by atoms with Crippen LogP contribution >= 0.6 is 11.6 Å². The molecule has 2 aliphatic rings. The highest BCUT2D eigenvalue weighted by atomic mass is 35.5. The number of aromatic nitrogens is 2. The van der Waals surface area contributed by atoms with Gasteiger partial charge in [0.2, 0.25) is 5.91 Å². The Labute approximate surface area is 201 Å². The molecule has 2 aromatic carbocycles. The molecule has 2 bridgehead atoms. The number of rotatable bonds is 6. The second-order valence-electron chi connectivity index (χ2n) is 8.54. The Morgan fingerprint density at radius 1 is 1.21 bits per heavy atom. The van der Waals surface area contributed by atoms with Crippen molar-refractivity contribution in [3.63, 3.8) is 0 Å². The molecule has 5 rings (SSSR count). The second kappa shape index (κ2) is 9.10. The van der Waals surface area contributed by atoms with Gasteiger partial charge in [0.15, 0.2) is 11.5 Å². The van der Waals surface area contributed by atoms with Gasteiger partial charge in [-0.05, 0) is 43.2 Å². The molecule has 1 aromatic heterocycles. The third kappa shape index (κ3) is 4.14. The fraction of sp³-hybridized carbons (Fsp3) is 0.320. The van der Waals surface area contributed by atoms with E-state index in [9.17, 15) is 9.18 Å². The third-order valence-electron chi connectivity index (χ3n) is 6.52. The first-order chi connectivity index (χ1) is 16.5. The zero-order valence-electron chi connectivity index (χ0n) is 18.6. The van der Waals surface area contributed by atoms with Crippen molar-refractivity contribution in [2.24, 2.45) is 0 Å². The Bertz CT molecular complexity index is 1260. The highest BCUT2D eigenvalue weighted by molar-refractivity contribution is 6.31. The van der Waals surface area contributed by atoms with Crippen LogP contribution in [0.15, 0.2) is 49.3 Å². The molecule has 9 heteroatoms. The van der Waals surface area contributed by atoms with Crippen molar-refractivity contribution in [3.8, 4) is 11.5 Å². The molecule has 0 saturated carbocycles. The van der Waals surface area contributed by atoms with Gasteiger partial charge in [0.25, 0.3) is 0 Å². The number of benzene rings is 2. The van der Waals surface area contributed by atoms with Gasteiger partial charge in [-0.25, -0.2) is 14.4 Å². The van der Waals surface area contributed by atoms with E-state index >= 15 is 0 Å². The highest BCUT2D eigenvalue weighted by Gasteiger charge is 2.43. The van der Waals surface area contributed by atoms with Crippen molar-refractivity contribution >= 4 is 39.9 Å². The molecule has 0 aliphatic carbocycles. The number of amides is 1. The van der Waals surface area contributed by atoms with Crippen molar-refractivity contribution in [3.05, 3.63) is 60.2 Å². The van der Waals surface area contributed by atoms with Crippen LogP contribution in [0.5, 0.6) is 11.5 Å². The number of hydrogen-bond donors (Lipinski definition) is 1. The van der Waals surface area contributed by atoms with Gasteiger partial charge < -0.3 is 19.7 Å².